The van der Waals surface area contributed by atoms with Crippen LogP contribution in [0.5, 0.6) is 5.75 Å². The van der Waals surface area contributed by atoms with Gasteiger partial charge in [-0.1, -0.05) is 19.1 Å². The van der Waals surface area contributed by atoms with Crippen molar-refractivity contribution in [2.45, 2.75) is 13.3 Å². The maximum atomic E-state index is 11.7. The third kappa shape index (κ3) is 2.58. The van der Waals surface area contributed by atoms with Crippen molar-refractivity contribution in [2.24, 2.45) is 0 Å². The summed E-state index contributed by atoms with van der Waals surface area (Å²) in [5.41, 5.74) is 0.180. The van der Waals surface area contributed by atoms with Crippen LogP contribution in [0.3, 0.4) is 0 Å². The molecule has 7 heteroatoms. The van der Waals surface area contributed by atoms with Crippen LogP contribution in [-0.2, 0) is 0 Å². The Morgan fingerprint density at radius 3 is 2.86 bits per heavy atom. The molecule has 7 nitrogen and oxygen atoms in total. The molecule has 3 N–H and O–H groups in total. The number of imidazole rings is 1. The van der Waals surface area contributed by atoms with Crippen LogP contribution < -0.4 is 16.0 Å². The summed E-state index contributed by atoms with van der Waals surface area (Å²) < 4.78 is 5.57. The maximum Gasteiger partial charge on any atom is 0.327 e. The number of aromatic amines is 3. The Bertz CT molecular complexity index is 891. The molecular formula is C14H14N4O3. The van der Waals surface area contributed by atoms with E-state index in [1.54, 1.807) is 0 Å². The molecule has 21 heavy (non-hydrogen) atoms. The highest BCUT2D eigenvalue weighted by atomic mass is 16.5. The summed E-state index contributed by atoms with van der Waals surface area (Å²) in [6.07, 6.45) is 0.922. The first kappa shape index (κ1) is 13.2. The van der Waals surface area contributed by atoms with Gasteiger partial charge in [0, 0.05) is 5.56 Å². The fourth-order valence-electron chi connectivity index (χ4n) is 2.02. The molecule has 2 aromatic heterocycles. The number of hydrogen-bond donors (Lipinski definition) is 3. The lowest BCUT2D eigenvalue weighted by Crippen LogP contribution is -2.21. The summed E-state index contributed by atoms with van der Waals surface area (Å²) >= 11 is 0. The number of hydrogen-bond acceptors (Lipinski definition) is 4. The topological polar surface area (TPSA) is 104 Å². The summed E-state index contributed by atoms with van der Waals surface area (Å²) in [4.78, 5) is 34.7. The number of aromatic nitrogens is 4. The van der Waals surface area contributed by atoms with Gasteiger partial charge in [-0.05, 0) is 18.6 Å². The second kappa shape index (κ2) is 5.28. The Kier molecular flexibility index (Phi) is 3.31. The Labute approximate surface area is 119 Å². The molecule has 0 radical (unpaired) electrons. The monoisotopic (exact) mass is 286 g/mol. The largest absolute Gasteiger partial charge is 0.494 e. The van der Waals surface area contributed by atoms with Crippen LogP contribution in [0.2, 0.25) is 0 Å². The Balaban J connectivity index is 2.06. The molecule has 2 heterocycles. The Hall–Kier alpha value is -2.83. The van der Waals surface area contributed by atoms with Crippen molar-refractivity contribution in [3.63, 3.8) is 0 Å². The molecule has 0 unspecified atom stereocenters. The number of nitrogens with one attached hydrogen (secondary N) is 3. The number of benzene rings is 1. The van der Waals surface area contributed by atoms with E-state index in [0.717, 1.165) is 17.7 Å². The van der Waals surface area contributed by atoms with Gasteiger partial charge in [-0.3, -0.25) is 14.8 Å². The van der Waals surface area contributed by atoms with Crippen LogP contribution in [0.15, 0.2) is 33.9 Å². The summed E-state index contributed by atoms with van der Waals surface area (Å²) in [6.45, 7) is 2.67. The van der Waals surface area contributed by atoms with Gasteiger partial charge in [-0.25, -0.2) is 9.78 Å². The van der Waals surface area contributed by atoms with Crippen LogP contribution in [-0.4, -0.2) is 26.5 Å². The second-order valence-electron chi connectivity index (χ2n) is 4.59. The molecule has 0 bridgehead atoms. The molecule has 0 aliphatic heterocycles. The molecule has 0 amide bonds. The van der Waals surface area contributed by atoms with Gasteiger partial charge >= 0.3 is 5.69 Å². The van der Waals surface area contributed by atoms with Crippen molar-refractivity contribution in [2.75, 3.05) is 6.61 Å². The highest BCUT2D eigenvalue weighted by Crippen LogP contribution is 2.22. The molecule has 0 saturated carbocycles. The van der Waals surface area contributed by atoms with E-state index in [-0.39, 0.29) is 11.2 Å². The number of H-pyrrole nitrogens is 3. The zero-order valence-corrected chi connectivity index (χ0v) is 11.4. The first-order valence-corrected chi connectivity index (χ1v) is 6.63. The zero-order valence-electron chi connectivity index (χ0n) is 11.4. The summed E-state index contributed by atoms with van der Waals surface area (Å²) in [5, 5.41) is 0. The van der Waals surface area contributed by atoms with E-state index in [1.807, 2.05) is 31.2 Å². The standard InChI is InChI=1S/C14H14N4O3/c1-2-6-21-9-5-3-4-8(7-9)11-15-10-12(16-11)17-14(20)18-13(10)19/h3-5,7H,2,6H2,1H3,(H3,15,16,17,18,19,20). The molecule has 3 rings (SSSR count). The third-order valence-electron chi connectivity index (χ3n) is 2.97. The number of nitrogens with zero attached hydrogens (tertiary/aromatic N) is 1. The van der Waals surface area contributed by atoms with Gasteiger partial charge in [0.15, 0.2) is 5.65 Å². The van der Waals surface area contributed by atoms with E-state index in [1.165, 1.54) is 0 Å². The minimum absolute atomic E-state index is 0.235. The predicted octanol–water partition coefficient (Wildman–Crippen LogP) is 1.40. The van der Waals surface area contributed by atoms with Crippen molar-refractivity contribution in [1.82, 2.24) is 19.9 Å². The molecular weight excluding hydrogens is 272 g/mol. The highest BCUT2D eigenvalue weighted by molar-refractivity contribution is 5.74. The Morgan fingerprint density at radius 1 is 1.19 bits per heavy atom. The molecule has 0 spiro atoms. The predicted molar refractivity (Wildman–Crippen MR) is 78.6 cm³/mol. The van der Waals surface area contributed by atoms with E-state index >= 15 is 0 Å². The fourth-order valence-corrected chi connectivity index (χ4v) is 2.02. The van der Waals surface area contributed by atoms with Crippen molar-refractivity contribution in [3.05, 3.63) is 45.1 Å². The van der Waals surface area contributed by atoms with E-state index in [0.29, 0.717) is 12.4 Å². The number of fused-ring (bicyclic) bond motifs is 1. The van der Waals surface area contributed by atoms with Gasteiger partial charge in [-0.15, -0.1) is 0 Å². The number of ether oxygens (including phenoxy) is 1. The van der Waals surface area contributed by atoms with Gasteiger partial charge in [0.2, 0.25) is 0 Å². The minimum atomic E-state index is -0.578. The average molecular weight is 286 g/mol. The van der Waals surface area contributed by atoms with Crippen LogP contribution in [0.25, 0.3) is 22.6 Å². The van der Waals surface area contributed by atoms with Gasteiger partial charge in [0.1, 0.15) is 17.1 Å². The van der Waals surface area contributed by atoms with E-state index in [4.69, 9.17) is 4.74 Å². The van der Waals surface area contributed by atoms with E-state index < -0.39 is 11.2 Å². The molecule has 3 aromatic rings. The smallest absolute Gasteiger partial charge is 0.327 e. The summed E-state index contributed by atoms with van der Waals surface area (Å²) in [5.74, 6) is 1.23. The number of rotatable bonds is 4. The van der Waals surface area contributed by atoms with Gasteiger partial charge in [-0.2, -0.15) is 0 Å². The first-order valence-electron chi connectivity index (χ1n) is 6.63. The van der Waals surface area contributed by atoms with Crippen molar-refractivity contribution in [1.29, 1.82) is 0 Å². The molecule has 0 atom stereocenters. The van der Waals surface area contributed by atoms with E-state index in [9.17, 15) is 9.59 Å². The summed E-state index contributed by atoms with van der Waals surface area (Å²) in [6, 6.07) is 7.39. The van der Waals surface area contributed by atoms with Gasteiger partial charge in [0.25, 0.3) is 5.56 Å². The lowest BCUT2D eigenvalue weighted by Gasteiger charge is -2.05. The first-order chi connectivity index (χ1) is 10.2. The molecule has 108 valence electrons. The third-order valence-corrected chi connectivity index (χ3v) is 2.97. The molecule has 0 aliphatic carbocycles. The Morgan fingerprint density at radius 2 is 2.05 bits per heavy atom. The molecule has 1 aromatic carbocycles. The van der Waals surface area contributed by atoms with Gasteiger partial charge in [0.05, 0.1) is 6.61 Å². The van der Waals surface area contributed by atoms with Crippen LogP contribution in [0.1, 0.15) is 13.3 Å². The van der Waals surface area contributed by atoms with Crippen molar-refractivity contribution < 1.29 is 4.74 Å². The highest BCUT2D eigenvalue weighted by Gasteiger charge is 2.09. The van der Waals surface area contributed by atoms with Crippen LogP contribution in [0.4, 0.5) is 0 Å². The normalized spacial score (nSPS) is 10.9. The lowest BCUT2D eigenvalue weighted by molar-refractivity contribution is 0.317. The fraction of sp³-hybridized carbons (Fsp3) is 0.214. The van der Waals surface area contributed by atoms with Crippen LogP contribution in [0, 0.1) is 0 Å². The second-order valence-corrected chi connectivity index (χ2v) is 4.59. The molecule has 0 saturated heterocycles. The van der Waals surface area contributed by atoms with Crippen molar-refractivity contribution in [3.8, 4) is 17.1 Å². The SMILES string of the molecule is CCCOc1cccc(-c2nc3[nH]c(=O)[nH]c(=O)c3[nH]2)c1. The summed E-state index contributed by atoms with van der Waals surface area (Å²) in [7, 11) is 0. The zero-order chi connectivity index (χ0) is 14.8. The van der Waals surface area contributed by atoms with Crippen molar-refractivity contribution >= 4 is 11.2 Å². The maximum absolute atomic E-state index is 11.7. The minimum Gasteiger partial charge on any atom is -0.494 e. The average Bonchev–Trinajstić information content (AvgIpc) is 2.89. The lowest BCUT2D eigenvalue weighted by atomic mass is 10.2. The van der Waals surface area contributed by atoms with Crippen LogP contribution >= 0.6 is 0 Å². The molecule has 0 aliphatic rings. The van der Waals surface area contributed by atoms with E-state index in [2.05, 4.69) is 19.9 Å². The molecule has 0 fully saturated rings. The van der Waals surface area contributed by atoms with Gasteiger partial charge < -0.3 is 9.72 Å². The quantitative estimate of drug-likeness (QED) is 0.674.